The van der Waals surface area contributed by atoms with E-state index in [0.29, 0.717) is 9.13 Å². The van der Waals surface area contributed by atoms with Crippen molar-refractivity contribution in [1.82, 2.24) is 10.2 Å². The molecule has 0 saturated carbocycles. The fourth-order valence-corrected chi connectivity index (χ4v) is 2.55. The molecule has 1 saturated heterocycles. The second kappa shape index (κ2) is 5.98. The monoisotopic (exact) mass is 418 g/mol. The fourth-order valence-electron chi connectivity index (χ4n) is 1.75. The minimum atomic E-state index is -0.551. The van der Waals surface area contributed by atoms with E-state index in [1.165, 1.54) is 31.2 Å². The van der Waals surface area contributed by atoms with Crippen LogP contribution < -0.4 is 10.1 Å². The number of nitrogens with one attached hydrogen (secondary N) is 1. The Morgan fingerprint density at radius 1 is 1.43 bits per heavy atom. The summed E-state index contributed by atoms with van der Waals surface area (Å²) < 4.78 is 5.59. The van der Waals surface area contributed by atoms with Gasteiger partial charge in [0.1, 0.15) is 5.57 Å². The number of rotatable bonds is 2. The molecule has 8 heteroatoms. The van der Waals surface area contributed by atoms with Crippen molar-refractivity contribution in [1.29, 1.82) is 0 Å². The summed E-state index contributed by atoms with van der Waals surface area (Å²) in [6.45, 7) is 0. The number of benzene rings is 1. The van der Waals surface area contributed by atoms with Gasteiger partial charge in [-0.2, -0.15) is 0 Å². The number of amides is 2. The average molecular weight is 418 g/mol. The van der Waals surface area contributed by atoms with Gasteiger partial charge in [0, 0.05) is 7.05 Å². The van der Waals surface area contributed by atoms with Crippen LogP contribution in [0.25, 0.3) is 6.08 Å². The number of phenolic OH excluding ortho intramolecular Hbond substituents is 1. The lowest BCUT2D eigenvalue weighted by Gasteiger charge is -2.25. The smallest absolute Gasteiger partial charge is 0.265 e. The lowest BCUT2D eigenvalue weighted by molar-refractivity contribution is -0.128. The summed E-state index contributed by atoms with van der Waals surface area (Å²) in [5.74, 6) is -0.754. The van der Waals surface area contributed by atoms with Crippen LogP contribution in [0, 0.1) is 3.57 Å². The summed E-state index contributed by atoms with van der Waals surface area (Å²) in [5, 5.41) is 12.3. The zero-order chi connectivity index (χ0) is 15.7. The highest BCUT2D eigenvalue weighted by atomic mass is 127. The number of halogens is 1. The van der Waals surface area contributed by atoms with E-state index < -0.39 is 11.8 Å². The van der Waals surface area contributed by atoms with E-state index in [1.807, 2.05) is 22.6 Å². The molecular weight excluding hydrogens is 407 g/mol. The number of likely N-dealkylation sites (N-methyl/N-ethyl adjacent to an activating group) is 1. The molecule has 1 aromatic carbocycles. The zero-order valence-corrected chi connectivity index (χ0v) is 14.1. The number of hydrogen-bond acceptors (Lipinski definition) is 5. The number of thiocarbonyl (C=S) groups is 1. The van der Waals surface area contributed by atoms with Gasteiger partial charge >= 0.3 is 0 Å². The molecule has 6 nitrogen and oxygen atoms in total. The van der Waals surface area contributed by atoms with Crippen LogP contribution >= 0.6 is 34.8 Å². The molecule has 1 aromatic rings. The lowest BCUT2D eigenvalue weighted by atomic mass is 10.1. The Morgan fingerprint density at radius 3 is 2.71 bits per heavy atom. The SMILES string of the molecule is COc1cc(/C=C2\C(=O)NC(=S)N(C)C2=O)cc(I)c1O. The molecule has 21 heavy (non-hydrogen) atoms. The van der Waals surface area contributed by atoms with Crippen molar-refractivity contribution in [2.24, 2.45) is 0 Å². The van der Waals surface area contributed by atoms with E-state index in [-0.39, 0.29) is 22.2 Å². The Labute approximate surface area is 139 Å². The predicted molar refractivity (Wildman–Crippen MR) is 88.9 cm³/mol. The van der Waals surface area contributed by atoms with Gasteiger partial charge in [-0.25, -0.2) is 0 Å². The summed E-state index contributed by atoms with van der Waals surface area (Å²) >= 11 is 6.80. The molecule has 1 fully saturated rings. The van der Waals surface area contributed by atoms with Gasteiger partial charge in [-0.1, -0.05) is 0 Å². The Balaban J connectivity index is 2.48. The van der Waals surface area contributed by atoms with E-state index in [0.717, 1.165) is 0 Å². The van der Waals surface area contributed by atoms with Crippen LogP contribution in [0.4, 0.5) is 0 Å². The number of phenols is 1. The third kappa shape index (κ3) is 3.00. The molecule has 0 aromatic heterocycles. The van der Waals surface area contributed by atoms with Gasteiger partial charge in [0.2, 0.25) is 0 Å². The highest BCUT2D eigenvalue weighted by Gasteiger charge is 2.30. The number of nitrogens with zero attached hydrogens (tertiary/aromatic N) is 1. The molecule has 2 N–H and O–H groups in total. The van der Waals surface area contributed by atoms with Crippen LogP contribution in [0.5, 0.6) is 11.5 Å². The number of ether oxygens (including phenoxy) is 1. The van der Waals surface area contributed by atoms with Gasteiger partial charge in [0.05, 0.1) is 10.7 Å². The van der Waals surface area contributed by atoms with Crippen LogP contribution in [-0.4, -0.2) is 41.1 Å². The summed E-state index contributed by atoms with van der Waals surface area (Å²) in [6, 6.07) is 3.18. The molecule has 0 unspecified atom stereocenters. The van der Waals surface area contributed by atoms with E-state index >= 15 is 0 Å². The first-order valence-electron chi connectivity index (χ1n) is 5.76. The lowest BCUT2D eigenvalue weighted by Crippen LogP contribution is -2.52. The molecule has 1 heterocycles. The minimum Gasteiger partial charge on any atom is -0.504 e. The normalized spacial score (nSPS) is 17.2. The largest absolute Gasteiger partial charge is 0.504 e. The van der Waals surface area contributed by atoms with Crippen LogP contribution in [0.3, 0.4) is 0 Å². The van der Waals surface area contributed by atoms with Gasteiger partial charge in [0.15, 0.2) is 16.6 Å². The first kappa shape index (κ1) is 15.7. The van der Waals surface area contributed by atoms with Crippen molar-refractivity contribution in [3.05, 3.63) is 26.8 Å². The fraction of sp³-hybridized carbons (Fsp3) is 0.154. The van der Waals surface area contributed by atoms with E-state index in [9.17, 15) is 14.7 Å². The quantitative estimate of drug-likeness (QED) is 0.327. The number of carbonyl (C=O) groups excluding carboxylic acids is 2. The Morgan fingerprint density at radius 2 is 2.10 bits per heavy atom. The summed E-state index contributed by atoms with van der Waals surface area (Å²) in [5.41, 5.74) is 0.531. The second-order valence-electron chi connectivity index (χ2n) is 4.24. The molecular formula is C13H11IN2O4S. The zero-order valence-electron chi connectivity index (χ0n) is 11.1. The maximum absolute atomic E-state index is 12.1. The maximum Gasteiger partial charge on any atom is 0.265 e. The molecule has 2 amide bonds. The van der Waals surface area contributed by atoms with Crippen molar-refractivity contribution in [3.8, 4) is 11.5 Å². The molecule has 0 atom stereocenters. The second-order valence-corrected chi connectivity index (χ2v) is 5.78. The summed E-state index contributed by atoms with van der Waals surface area (Å²) in [4.78, 5) is 25.1. The van der Waals surface area contributed by atoms with Crippen molar-refractivity contribution in [2.45, 2.75) is 0 Å². The Kier molecular flexibility index (Phi) is 4.47. The van der Waals surface area contributed by atoms with Crippen molar-refractivity contribution < 1.29 is 19.4 Å². The van der Waals surface area contributed by atoms with Gasteiger partial charge in [0.25, 0.3) is 11.8 Å². The van der Waals surface area contributed by atoms with E-state index in [4.69, 9.17) is 17.0 Å². The molecule has 0 aliphatic carbocycles. The van der Waals surface area contributed by atoms with Gasteiger partial charge in [-0.15, -0.1) is 0 Å². The van der Waals surface area contributed by atoms with Crippen LogP contribution in [0.15, 0.2) is 17.7 Å². The predicted octanol–water partition coefficient (Wildman–Crippen LogP) is 1.26. The Bertz CT molecular complexity index is 687. The third-order valence-electron chi connectivity index (χ3n) is 2.89. The maximum atomic E-state index is 12.1. The number of aromatic hydroxyl groups is 1. The highest BCUT2D eigenvalue weighted by Crippen LogP contribution is 2.33. The van der Waals surface area contributed by atoms with E-state index in [1.54, 1.807) is 6.07 Å². The van der Waals surface area contributed by atoms with E-state index in [2.05, 4.69) is 5.32 Å². The minimum absolute atomic E-state index is 0.0120. The number of carbonyl (C=O) groups is 2. The van der Waals surface area contributed by atoms with Crippen LogP contribution in [0.2, 0.25) is 0 Å². The van der Waals surface area contributed by atoms with Gasteiger partial charge in [-0.05, 0) is 58.6 Å². The van der Waals surface area contributed by atoms with Crippen molar-refractivity contribution >= 4 is 57.8 Å². The highest BCUT2D eigenvalue weighted by molar-refractivity contribution is 14.1. The molecule has 110 valence electrons. The summed E-state index contributed by atoms with van der Waals surface area (Å²) in [6.07, 6.45) is 1.43. The molecule has 0 radical (unpaired) electrons. The third-order valence-corrected chi connectivity index (χ3v) is 4.08. The topological polar surface area (TPSA) is 78.9 Å². The van der Waals surface area contributed by atoms with Gasteiger partial charge in [-0.3, -0.25) is 19.8 Å². The first-order valence-corrected chi connectivity index (χ1v) is 7.25. The Hall–Kier alpha value is -1.68. The molecule has 1 aliphatic rings. The number of methoxy groups -OCH3 is 1. The van der Waals surface area contributed by atoms with Crippen molar-refractivity contribution in [2.75, 3.05) is 14.2 Å². The molecule has 0 spiro atoms. The van der Waals surface area contributed by atoms with Gasteiger partial charge < -0.3 is 9.84 Å². The summed E-state index contributed by atoms with van der Waals surface area (Å²) in [7, 11) is 2.91. The molecule has 1 aliphatic heterocycles. The molecule has 2 rings (SSSR count). The first-order chi connectivity index (χ1) is 9.85. The van der Waals surface area contributed by atoms with Crippen molar-refractivity contribution in [3.63, 3.8) is 0 Å². The standard InChI is InChI=1S/C13H11IN2O4S/c1-16-12(19)7(11(18)15-13(16)21)3-6-4-8(14)10(17)9(5-6)20-2/h3-5,17H,1-2H3,(H,15,18,21)/b7-3+. The van der Waals surface area contributed by atoms with Crippen LogP contribution in [-0.2, 0) is 9.59 Å². The average Bonchev–Trinajstić information content (AvgIpc) is 2.44. The van der Waals surface area contributed by atoms with Crippen LogP contribution in [0.1, 0.15) is 5.56 Å². The molecule has 0 bridgehead atoms. The number of hydrogen-bond donors (Lipinski definition) is 2.